The van der Waals surface area contributed by atoms with Gasteiger partial charge in [-0.05, 0) is 27.5 Å². The molecule has 0 saturated carbocycles. The fraction of sp³-hybridized carbons (Fsp3) is 1.00. The monoisotopic (exact) mass is 219 g/mol. The van der Waals surface area contributed by atoms with Crippen molar-refractivity contribution in [1.82, 2.24) is 14.2 Å². The minimum Gasteiger partial charge on any atom is -0.345 e. The van der Waals surface area contributed by atoms with Crippen LogP contribution in [0.2, 0.25) is 6.32 Å². The molecule has 13 heavy (non-hydrogen) atoms. The summed E-state index contributed by atoms with van der Waals surface area (Å²) < 4.78 is 6.15. The van der Waals surface area contributed by atoms with E-state index in [0.717, 1.165) is 6.32 Å². The summed E-state index contributed by atoms with van der Waals surface area (Å²) in [5.41, 5.74) is 0. The minimum atomic E-state index is -0.122. The van der Waals surface area contributed by atoms with Gasteiger partial charge in [-0.3, -0.25) is 0 Å². The average molecular weight is 220 g/mol. The summed E-state index contributed by atoms with van der Waals surface area (Å²) in [4.78, 5) is 0. The van der Waals surface area contributed by atoms with Crippen molar-refractivity contribution in [3.63, 3.8) is 0 Å². The summed E-state index contributed by atoms with van der Waals surface area (Å²) >= 11 is 12.4. The highest BCUT2D eigenvalue weighted by atomic mass is 35.5. The van der Waals surface area contributed by atoms with Crippen molar-refractivity contribution in [2.24, 2.45) is 0 Å². The van der Waals surface area contributed by atoms with Crippen LogP contribution in [0.25, 0.3) is 0 Å². The van der Waals surface area contributed by atoms with Crippen molar-refractivity contribution in [1.29, 1.82) is 0 Å². The smallest absolute Gasteiger partial charge is 0.345 e. The number of rotatable bonds is 1. The van der Waals surface area contributed by atoms with Crippen LogP contribution in [0.1, 0.15) is 6.92 Å². The first kappa shape index (κ1) is 11.7. The molecule has 0 bridgehead atoms. The molecule has 0 aromatic heterocycles. The van der Waals surface area contributed by atoms with Gasteiger partial charge >= 0.3 is 12.8 Å². The summed E-state index contributed by atoms with van der Waals surface area (Å²) in [7, 11) is 5.96. The Morgan fingerprint density at radius 3 is 1.62 bits per heavy atom. The van der Waals surface area contributed by atoms with Gasteiger partial charge in [0, 0.05) is 0 Å². The summed E-state index contributed by atoms with van der Waals surface area (Å²) in [6.07, 6.45) is 0.778. The van der Waals surface area contributed by atoms with Crippen molar-refractivity contribution >= 4 is 42.7 Å². The van der Waals surface area contributed by atoms with Gasteiger partial charge in [-0.2, -0.15) is 22.9 Å². The van der Waals surface area contributed by atoms with Gasteiger partial charge in [0.2, 0.25) is 0 Å². The second kappa shape index (κ2) is 4.45. The lowest BCUT2D eigenvalue weighted by Crippen LogP contribution is -2.71. The first-order chi connectivity index (χ1) is 6.00. The summed E-state index contributed by atoms with van der Waals surface area (Å²) in [6.45, 7) is 2.46. The lowest BCUT2D eigenvalue weighted by molar-refractivity contribution is 0.560. The molecular weight excluding hydrogens is 205 g/mol. The van der Waals surface area contributed by atoms with E-state index in [4.69, 9.17) is 22.9 Å². The maximum absolute atomic E-state index is 6.19. The van der Waals surface area contributed by atoms with E-state index in [-0.39, 0.29) is 12.8 Å². The second-order valence-corrected chi connectivity index (χ2v) is 4.29. The number of hydrogen-bond donors (Lipinski definition) is 0. The molecule has 0 atom stereocenters. The zero-order chi connectivity index (χ0) is 10.2. The lowest BCUT2D eigenvalue weighted by Gasteiger charge is -2.45. The number of hydrogen-bond acceptors (Lipinski definition) is 3. The molecule has 0 unspecified atom stereocenters. The van der Waals surface area contributed by atoms with Crippen LogP contribution in [-0.4, -0.2) is 55.1 Å². The molecule has 0 aliphatic carbocycles. The van der Waals surface area contributed by atoms with Crippen LogP contribution in [0, 0.1) is 0 Å². The standard InChI is InChI=1S/C5H14B3Cl2N3/c1-5-6-11(2)7(9)13(4)8(10)12(6)3/h5H2,1-4H3. The fourth-order valence-electron chi connectivity index (χ4n) is 1.82. The van der Waals surface area contributed by atoms with Crippen LogP contribution >= 0.6 is 22.9 Å². The zero-order valence-corrected chi connectivity index (χ0v) is 10.0. The van der Waals surface area contributed by atoms with E-state index >= 15 is 0 Å². The molecule has 0 amide bonds. The topological polar surface area (TPSA) is 9.72 Å². The molecule has 0 aromatic carbocycles. The Bertz CT molecular complexity index is 170. The van der Waals surface area contributed by atoms with Crippen LogP contribution < -0.4 is 0 Å². The van der Waals surface area contributed by atoms with Crippen LogP contribution in [0.15, 0.2) is 0 Å². The third kappa shape index (κ3) is 2.02. The summed E-state index contributed by atoms with van der Waals surface area (Å²) in [6, 6.07) is 0. The fourth-order valence-corrected chi connectivity index (χ4v) is 2.35. The van der Waals surface area contributed by atoms with Gasteiger partial charge in [0.15, 0.2) is 0 Å². The lowest BCUT2D eigenvalue weighted by atomic mass is 9.56. The van der Waals surface area contributed by atoms with Crippen molar-refractivity contribution < 1.29 is 0 Å². The van der Waals surface area contributed by atoms with Crippen LogP contribution in [-0.2, 0) is 0 Å². The van der Waals surface area contributed by atoms with E-state index in [0.29, 0.717) is 6.98 Å². The predicted molar refractivity (Wildman–Crippen MR) is 62.7 cm³/mol. The summed E-state index contributed by atoms with van der Waals surface area (Å²) in [5, 5.41) is 0. The highest BCUT2D eigenvalue weighted by Crippen LogP contribution is 2.20. The normalized spacial score (nSPS) is 23.1. The number of halogens is 2. The van der Waals surface area contributed by atoms with Crippen molar-refractivity contribution in [2.45, 2.75) is 13.2 Å². The van der Waals surface area contributed by atoms with E-state index in [1.54, 1.807) is 0 Å². The molecule has 1 aliphatic rings. The highest BCUT2D eigenvalue weighted by molar-refractivity contribution is 7.19. The molecule has 1 fully saturated rings. The molecule has 0 radical (unpaired) electrons. The van der Waals surface area contributed by atoms with Crippen molar-refractivity contribution in [3.8, 4) is 0 Å². The molecule has 0 N–H and O–H groups in total. The number of nitrogens with zero attached hydrogens (tertiary/aromatic N) is 3. The Morgan fingerprint density at radius 2 is 1.31 bits per heavy atom. The molecule has 1 saturated heterocycles. The van der Waals surface area contributed by atoms with Gasteiger partial charge in [0.05, 0.1) is 0 Å². The van der Waals surface area contributed by atoms with Crippen LogP contribution in [0.5, 0.6) is 0 Å². The Kier molecular flexibility index (Phi) is 4.01. The molecule has 8 heteroatoms. The van der Waals surface area contributed by atoms with Gasteiger partial charge in [0.1, 0.15) is 0 Å². The van der Waals surface area contributed by atoms with E-state index in [9.17, 15) is 0 Å². The molecule has 1 rings (SSSR count). The van der Waals surface area contributed by atoms with Crippen molar-refractivity contribution in [3.05, 3.63) is 0 Å². The average Bonchev–Trinajstić information content (AvgIpc) is 2.13. The van der Waals surface area contributed by atoms with Crippen molar-refractivity contribution in [2.75, 3.05) is 21.1 Å². The SMILES string of the molecule is CCB1N(C)B(Cl)N(C)B(Cl)N1C. The van der Waals surface area contributed by atoms with Crippen LogP contribution in [0.3, 0.4) is 0 Å². The van der Waals surface area contributed by atoms with E-state index in [1.807, 2.05) is 25.9 Å². The van der Waals surface area contributed by atoms with Gasteiger partial charge < -0.3 is 14.2 Å². The zero-order valence-electron chi connectivity index (χ0n) is 8.54. The van der Waals surface area contributed by atoms with Gasteiger partial charge in [-0.25, -0.2) is 0 Å². The van der Waals surface area contributed by atoms with Gasteiger partial charge in [-0.1, -0.05) is 6.92 Å². The van der Waals surface area contributed by atoms with Gasteiger partial charge in [0.25, 0.3) is 6.98 Å². The van der Waals surface area contributed by atoms with Crippen LogP contribution in [0.4, 0.5) is 0 Å². The Morgan fingerprint density at radius 1 is 0.923 bits per heavy atom. The third-order valence-electron chi connectivity index (χ3n) is 2.65. The van der Waals surface area contributed by atoms with E-state index in [1.165, 1.54) is 0 Å². The quantitative estimate of drug-likeness (QED) is 0.603. The molecule has 3 nitrogen and oxygen atoms in total. The Hall–Kier alpha value is 0.655. The van der Waals surface area contributed by atoms with Gasteiger partial charge in [-0.15, -0.1) is 0 Å². The predicted octanol–water partition coefficient (Wildman–Crippen LogP) is 0.751. The first-order valence-corrected chi connectivity index (χ1v) is 5.32. The maximum atomic E-state index is 6.19. The molecule has 72 valence electrons. The minimum absolute atomic E-state index is 0.122. The largest absolute Gasteiger partial charge is 0.399 e. The highest BCUT2D eigenvalue weighted by Gasteiger charge is 2.46. The van der Waals surface area contributed by atoms with E-state index in [2.05, 4.69) is 16.4 Å². The maximum Gasteiger partial charge on any atom is 0.399 e. The third-order valence-corrected chi connectivity index (χ3v) is 3.88. The molecule has 0 aromatic rings. The van der Waals surface area contributed by atoms with E-state index < -0.39 is 0 Å². The Labute approximate surface area is 91.5 Å². The molecular formula is C5H14B3Cl2N3. The molecule has 1 heterocycles. The molecule has 1 aliphatic heterocycles. The molecule has 0 spiro atoms. The summed E-state index contributed by atoms with van der Waals surface area (Å²) in [5.74, 6) is 0. The Balaban J connectivity index is 2.79. The second-order valence-electron chi connectivity index (χ2n) is 3.51. The first-order valence-electron chi connectivity index (χ1n) is 4.44.